The summed E-state index contributed by atoms with van der Waals surface area (Å²) in [5.41, 5.74) is 2.34. The van der Waals surface area contributed by atoms with Crippen LogP contribution in [0.1, 0.15) is 38.3 Å². The average molecular weight is 331 g/mol. The van der Waals surface area contributed by atoms with Crippen molar-refractivity contribution in [3.8, 4) is 0 Å². The predicted molar refractivity (Wildman–Crippen MR) is 97.1 cm³/mol. The molecule has 0 bridgehead atoms. The topological polar surface area (TPSA) is 68.9 Å². The molecule has 5 nitrogen and oxygen atoms in total. The van der Waals surface area contributed by atoms with Crippen LogP contribution in [0.2, 0.25) is 0 Å². The summed E-state index contributed by atoms with van der Waals surface area (Å²) in [5.74, 6) is 0. The van der Waals surface area contributed by atoms with Gasteiger partial charge in [-0.05, 0) is 25.0 Å². The Kier molecular flexibility index (Phi) is 7.28. The molecule has 0 aliphatic heterocycles. The van der Waals surface area contributed by atoms with E-state index in [0.29, 0.717) is 10.6 Å². The van der Waals surface area contributed by atoms with Crippen LogP contribution in [0.15, 0.2) is 42.8 Å². The maximum atomic E-state index is 11.2. The van der Waals surface area contributed by atoms with Gasteiger partial charge in [-0.25, -0.2) is 9.97 Å². The second-order valence-corrected chi connectivity index (χ2v) is 5.27. The van der Waals surface area contributed by atoms with Crippen molar-refractivity contribution in [2.45, 2.75) is 34.1 Å². The summed E-state index contributed by atoms with van der Waals surface area (Å²) in [5, 5.41) is 11.8. The third kappa shape index (κ3) is 4.32. The first-order chi connectivity index (χ1) is 11.1. The van der Waals surface area contributed by atoms with Gasteiger partial charge in [-0.1, -0.05) is 50.8 Å². The molecule has 0 radical (unpaired) electrons. The van der Waals surface area contributed by atoms with Gasteiger partial charge in [0.2, 0.25) is 0 Å². The molecule has 23 heavy (non-hydrogen) atoms. The van der Waals surface area contributed by atoms with Crippen LogP contribution in [0.3, 0.4) is 0 Å². The summed E-state index contributed by atoms with van der Waals surface area (Å²) < 4.78 is 0. The minimum absolute atomic E-state index is 0.0118. The van der Waals surface area contributed by atoms with E-state index in [1.54, 1.807) is 13.0 Å². The van der Waals surface area contributed by atoms with Crippen LogP contribution >= 0.6 is 11.3 Å². The smallest absolute Gasteiger partial charge is 0.258 e. The first-order valence-corrected chi connectivity index (χ1v) is 8.32. The van der Waals surface area contributed by atoms with Crippen molar-refractivity contribution < 1.29 is 4.92 Å². The third-order valence-corrected chi connectivity index (χ3v) is 3.99. The first-order valence-electron chi connectivity index (χ1n) is 7.50. The molecule has 2 rings (SSSR count). The Labute approximate surface area is 140 Å². The zero-order valence-electron chi connectivity index (χ0n) is 13.9. The van der Waals surface area contributed by atoms with E-state index in [2.05, 4.69) is 16.5 Å². The van der Waals surface area contributed by atoms with Crippen LogP contribution in [0, 0.1) is 10.1 Å². The molecule has 0 aliphatic rings. The summed E-state index contributed by atoms with van der Waals surface area (Å²) in [6, 6.07) is 1.97. The minimum atomic E-state index is -0.423. The lowest BCUT2D eigenvalue weighted by atomic mass is 10.2. The normalized spacial score (nSPS) is 11.8. The Morgan fingerprint density at radius 3 is 2.70 bits per heavy atom. The molecule has 0 fully saturated rings. The largest absolute Gasteiger partial charge is 0.279 e. The molecule has 0 spiro atoms. The van der Waals surface area contributed by atoms with Gasteiger partial charge < -0.3 is 0 Å². The van der Waals surface area contributed by atoms with Gasteiger partial charge in [0.25, 0.3) is 5.70 Å². The van der Waals surface area contributed by atoms with Crippen molar-refractivity contribution in [2.75, 3.05) is 0 Å². The number of nitro groups is 1. The molecule has 0 N–H and O–H groups in total. The molecule has 0 saturated heterocycles. The summed E-state index contributed by atoms with van der Waals surface area (Å²) >= 11 is 1.35. The second-order valence-electron chi connectivity index (χ2n) is 4.29. The summed E-state index contributed by atoms with van der Waals surface area (Å²) in [7, 11) is 0. The van der Waals surface area contributed by atoms with Gasteiger partial charge in [0.05, 0.1) is 10.5 Å². The lowest BCUT2D eigenvalue weighted by molar-refractivity contribution is -0.416. The molecule has 122 valence electrons. The quantitative estimate of drug-likeness (QED) is 0.438. The van der Waals surface area contributed by atoms with Crippen LogP contribution in [0.25, 0.3) is 15.9 Å². The molecule has 0 unspecified atom stereocenters. The number of aromatic nitrogens is 2. The van der Waals surface area contributed by atoms with Crippen molar-refractivity contribution in [1.29, 1.82) is 0 Å². The Morgan fingerprint density at radius 2 is 2.17 bits per heavy atom. The molecule has 0 aliphatic carbocycles. The highest BCUT2D eigenvalue weighted by molar-refractivity contribution is 7.19. The Hall–Kier alpha value is -2.34. The van der Waals surface area contributed by atoms with Crippen LogP contribution in [0.5, 0.6) is 0 Å². The van der Waals surface area contributed by atoms with Gasteiger partial charge in [0, 0.05) is 12.3 Å². The monoisotopic (exact) mass is 331 g/mol. The van der Waals surface area contributed by atoms with Crippen molar-refractivity contribution in [1.82, 2.24) is 9.97 Å². The van der Waals surface area contributed by atoms with Crippen LogP contribution in [0.4, 0.5) is 0 Å². The van der Waals surface area contributed by atoms with Crippen molar-refractivity contribution in [3.63, 3.8) is 0 Å². The fourth-order valence-corrected chi connectivity index (χ4v) is 2.89. The predicted octanol–water partition coefficient (Wildman–Crippen LogP) is 5.03. The third-order valence-electron chi connectivity index (χ3n) is 2.98. The Morgan fingerprint density at radius 1 is 1.48 bits per heavy atom. The second kappa shape index (κ2) is 8.95. The average Bonchev–Trinajstić information content (AvgIpc) is 2.99. The minimum Gasteiger partial charge on any atom is -0.258 e. The van der Waals surface area contributed by atoms with Crippen molar-refractivity contribution in [3.05, 3.63) is 63.5 Å². The number of thiazole rings is 1. The number of pyridine rings is 1. The van der Waals surface area contributed by atoms with E-state index in [4.69, 9.17) is 0 Å². The summed E-state index contributed by atoms with van der Waals surface area (Å²) in [6.45, 7) is 11.3. The van der Waals surface area contributed by atoms with E-state index < -0.39 is 4.92 Å². The van der Waals surface area contributed by atoms with Gasteiger partial charge in [0.15, 0.2) is 0 Å². The lowest BCUT2D eigenvalue weighted by Gasteiger charge is -1.99. The molecule has 6 heteroatoms. The summed E-state index contributed by atoms with van der Waals surface area (Å²) in [4.78, 5) is 20.4. The number of fused-ring (bicyclic) bond motifs is 1. The molecule has 0 aromatic carbocycles. The fourth-order valence-electron chi connectivity index (χ4n) is 1.91. The Bertz CT molecular complexity index is 760. The van der Waals surface area contributed by atoms with E-state index >= 15 is 0 Å². The number of rotatable bonds is 5. The number of hydrogen-bond acceptors (Lipinski definition) is 5. The summed E-state index contributed by atoms with van der Waals surface area (Å²) in [6.07, 6.45) is 7.17. The highest BCUT2D eigenvalue weighted by atomic mass is 32.1. The van der Waals surface area contributed by atoms with Crippen LogP contribution < -0.4 is 0 Å². The van der Waals surface area contributed by atoms with E-state index in [0.717, 1.165) is 22.3 Å². The van der Waals surface area contributed by atoms with Gasteiger partial charge >= 0.3 is 0 Å². The highest BCUT2D eigenvalue weighted by Crippen LogP contribution is 2.30. The number of nitrogens with zero attached hydrogens (tertiary/aromatic N) is 3. The van der Waals surface area contributed by atoms with Gasteiger partial charge in [-0.2, -0.15) is 0 Å². The molecular weight excluding hydrogens is 310 g/mol. The van der Waals surface area contributed by atoms with Gasteiger partial charge in [-0.15, -0.1) is 0 Å². The van der Waals surface area contributed by atoms with E-state index in [1.165, 1.54) is 23.5 Å². The molecule has 2 aromatic heterocycles. The SMILES string of the molecule is C=C/C=C(\C(=C/C)c1nc2cc(CC)cnc2s1)[N+](=O)[O-].CC. The number of aryl methyl sites for hydroxylation is 1. The molecule has 2 aromatic rings. The number of allylic oxidation sites excluding steroid dienone is 4. The maximum absolute atomic E-state index is 11.2. The molecule has 2 heterocycles. The zero-order valence-corrected chi connectivity index (χ0v) is 14.7. The van der Waals surface area contributed by atoms with Crippen LogP contribution in [-0.4, -0.2) is 14.9 Å². The molecule has 0 atom stereocenters. The van der Waals surface area contributed by atoms with E-state index in [-0.39, 0.29) is 5.70 Å². The van der Waals surface area contributed by atoms with Crippen LogP contribution in [-0.2, 0) is 6.42 Å². The first kappa shape index (κ1) is 18.7. The Balaban J connectivity index is 0.00000127. The van der Waals surface area contributed by atoms with E-state index in [9.17, 15) is 10.1 Å². The fraction of sp³-hybridized carbons (Fsp3) is 0.294. The highest BCUT2D eigenvalue weighted by Gasteiger charge is 2.21. The molecule has 0 saturated carbocycles. The molecular formula is C17H21N3O2S. The van der Waals surface area contributed by atoms with Crippen molar-refractivity contribution >= 4 is 27.3 Å². The van der Waals surface area contributed by atoms with Crippen molar-refractivity contribution in [2.24, 2.45) is 0 Å². The number of hydrogen-bond donors (Lipinski definition) is 0. The van der Waals surface area contributed by atoms with Gasteiger partial charge in [-0.3, -0.25) is 10.1 Å². The standard InChI is InChI=1S/C15H15N3O2S.C2H6/c1-4-7-13(18(19)20)11(6-3)14-17-12-8-10(5-2)9-16-15(12)21-14;1-2/h4,6-9H,1,5H2,2-3H3;1-2H3/b11-6+,13-7+;. The zero-order chi connectivity index (χ0) is 17.4. The molecule has 0 amide bonds. The van der Waals surface area contributed by atoms with E-state index in [1.807, 2.05) is 33.0 Å². The van der Waals surface area contributed by atoms with Gasteiger partial charge in [0.1, 0.15) is 15.4 Å². The maximum Gasteiger partial charge on any atom is 0.279 e. The lowest BCUT2D eigenvalue weighted by Crippen LogP contribution is -2.01.